The number of carbonyl (C=O) groups is 1. The zero-order valence-corrected chi connectivity index (χ0v) is 10.5. The minimum Gasteiger partial charge on any atom is -0.330 e. The van der Waals surface area contributed by atoms with Crippen molar-refractivity contribution in [1.29, 1.82) is 0 Å². The minimum absolute atomic E-state index is 0.0156. The summed E-state index contributed by atoms with van der Waals surface area (Å²) >= 11 is 0. The third-order valence-electron chi connectivity index (χ3n) is 3.45. The maximum absolute atomic E-state index is 11.6. The zero-order valence-electron chi connectivity index (χ0n) is 10.5. The van der Waals surface area contributed by atoms with Gasteiger partial charge in [-0.3, -0.25) is 4.79 Å². The first-order valence-corrected chi connectivity index (χ1v) is 6.28. The van der Waals surface area contributed by atoms with Crippen LogP contribution in [0.2, 0.25) is 0 Å². The van der Waals surface area contributed by atoms with E-state index in [1.165, 1.54) is 11.1 Å². The highest BCUT2D eigenvalue weighted by molar-refractivity contribution is 6.03. The van der Waals surface area contributed by atoms with E-state index in [4.69, 9.17) is 5.73 Å². The molecule has 0 bridgehead atoms. The van der Waals surface area contributed by atoms with Crippen LogP contribution in [-0.2, 0) is 11.2 Å². The molecule has 3 heteroatoms. The lowest BCUT2D eigenvalue weighted by atomic mass is 9.95. The molecule has 2 rings (SSSR count). The number of nitrogens with two attached hydrogens (primary N) is 1. The third kappa shape index (κ3) is 2.34. The Labute approximate surface area is 102 Å². The fourth-order valence-corrected chi connectivity index (χ4v) is 2.39. The first-order chi connectivity index (χ1) is 8.13. The van der Waals surface area contributed by atoms with E-state index in [-0.39, 0.29) is 11.8 Å². The molecule has 0 spiro atoms. The molecule has 17 heavy (non-hydrogen) atoms. The number of hydrogen-bond acceptors (Lipinski definition) is 2. The Bertz CT molecular complexity index is 440. The highest BCUT2D eigenvalue weighted by Gasteiger charge is 2.27. The van der Waals surface area contributed by atoms with Crippen LogP contribution in [0.1, 0.15) is 42.4 Å². The fourth-order valence-electron chi connectivity index (χ4n) is 2.39. The smallest absolute Gasteiger partial charge is 0.231 e. The van der Waals surface area contributed by atoms with Gasteiger partial charge in [-0.05, 0) is 56.3 Å². The molecular weight excluding hydrogens is 212 g/mol. The second kappa shape index (κ2) is 4.88. The Hall–Kier alpha value is -1.35. The number of rotatable bonds is 4. The van der Waals surface area contributed by atoms with Crippen molar-refractivity contribution in [2.75, 3.05) is 11.9 Å². The van der Waals surface area contributed by atoms with Crippen molar-refractivity contribution in [2.24, 2.45) is 5.73 Å². The number of aryl methyl sites for hydroxylation is 2. The number of carbonyl (C=O) groups excluding carboxylic acids is 1. The van der Waals surface area contributed by atoms with Crippen molar-refractivity contribution in [1.82, 2.24) is 0 Å². The van der Waals surface area contributed by atoms with Crippen molar-refractivity contribution in [3.05, 3.63) is 28.8 Å². The summed E-state index contributed by atoms with van der Waals surface area (Å²) in [6, 6.07) is 4.34. The molecule has 3 N–H and O–H groups in total. The summed E-state index contributed by atoms with van der Waals surface area (Å²) in [7, 11) is 0. The number of unbranched alkanes of at least 4 members (excludes halogenated alkanes) is 1. The molecule has 0 aromatic heterocycles. The summed E-state index contributed by atoms with van der Waals surface area (Å²) in [5.74, 6) is 0.0976. The van der Waals surface area contributed by atoms with Crippen LogP contribution in [0.25, 0.3) is 0 Å². The van der Waals surface area contributed by atoms with Crippen LogP contribution >= 0.6 is 0 Å². The maximum Gasteiger partial charge on any atom is 0.231 e. The molecule has 1 aliphatic rings. The molecule has 0 saturated heterocycles. The summed E-state index contributed by atoms with van der Waals surface area (Å²) in [5, 5.41) is 2.95. The van der Waals surface area contributed by atoms with Gasteiger partial charge in [0.05, 0.1) is 5.92 Å². The molecule has 1 amide bonds. The van der Waals surface area contributed by atoms with Gasteiger partial charge in [-0.1, -0.05) is 12.1 Å². The average Bonchev–Trinajstić information content (AvgIpc) is 2.58. The number of amides is 1. The van der Waals surface area contributed by atoms with Crippen LogP contribution in [0.3, 0.4) is 0 Å². The predicted octanol–water partition coefficient (Wildman–Crippen LogP) is 2.33. The molecule has 1 aliphatic heterocycles. The Morgan fingerprint density at radius 3 is 2.82 bits per heavy atom. The molecular formula is C14H20N2O. The average molecular weight is 232 g/mol. The Morgan fingerprint density at radius 1 is 1.35 bits per heavy atom. The van der Waals surface area contributed by atoms with Crippen LogP contribution in [0.5, 0.6) is 0 Å². The van der Waals surface area contributed by atoms with E-state index in [2.05, 4.69) is 24.4 Å². The highest BCUT2D eigenvalue weighted by Crippen LogP contribution is 2.35. The minimum atomic E-state index is -0.0156. The summed E-state index contributed by atoms with van der Waals surface area (Å²) in [6.45, 7) is 4.77. The molecule has 1 aromatic carbocycles. The van der Waals surface area contributed by atoms with Gasteiger partial charge < -0.3 is 11.1 Å². The molecule has 1 heterocycles. The molecule has 0 saturated carbocycles. The normalized spacial score (nSPS) is 18.1. The summed E-state index contributed by atoms with van der Waals surface area (Å²) in [6.07, 6.45) is 3.22. The highest BCUT2D eigenvalue weighted by atomic mass is 16.2. The van der Waals surface area contributed by atoms with Gasteiger partial charge in [0.1, 0.15) is 0 Å². The van der Waals surface area contributed by atoms with Crippen molar-refractivity contribution in [3.63, 3.8) is 0 Å². The largest absolute Gasteiger partial charge is 0.330 e. The Morgan fingerprint density at radius 2 is 2.12 bits per heavy atom. The van der Waals surface area contributed by atoms with E-state index in [1.807, 2.05) is 6.92 Å². The SMILES string of the molecule is Cc1cc(CCCCN)cc2c1NC(=O)C2C. The molecule has 92 valence electrons. The predicted molar refractivity (Wildman–Crippen MR) is 70.2 cm³/mol. The summed E-state index contributed by atoms with van der Waals surface area (Å²) in [4.78, 5) is 11.6. The van der Waals surface area contributed by atoms with Crippen molar-refractivity contribution < 1.29 is 4.79 Å². The van der Waals surface area contributed by atoms with Crippen LogP contribution < -0.4 is 11.1 Å². The number of benzene rings is 1. The van der Waals surface area contributed by atoms with E-state index in [0.29, 0.717) is 0 Å². The van der Waals surface area contributed by atoms with Gasteiger partial charge in [0.25, 0.3) is 0 Å². The second-order valence-corrected chi connectivity index (χ2v) is 4.83. The monoisotopic (exact) mass is 232 g/mol. The summed E-state index contributed by atoms with van der Waals surface area (Å²) in [5.41, 5.74) is 10.2. The van der Waals surface area contributed by atoms with Crippen LogP contribution in [0, 0.1) is 6.92 Å². The van der Waals surface area contributed by atoms with Gasteiger partial charge >= 0.3 is 0 Å². The number of nitrogens with one attached hydrogen (secondary N) is 1. The molecule has 0 fully saturated rings. The number of hydrogen-bond donors (Lipinski definition) is 2. The van der Waals surface area contributed by atoms with Gasteiger partial charge in [0, 0.05) is 5.69 Å². The molecule has 1 atom stereocenters. The first-order valence-electron chi connectivity index (χ1n) is 6.28. The number of fused-ring (bicyclic) bond motifs is 1. The van der Waals surface area contributed by atoms with E-state index in [1.54, 1.807) is 0 Å². The topological polar surface area (TPSA) is 55.1 Å². The molecule has 3 nitrogen and oxygen atoms in total. The van der Waals surface area contributed by atoms with Crippen molar-refractivity contribution in [3.8, 4) is 0 Å². The van der Waals surface area contributed by atoms with Gasteiger partial charge in [-0.15, -0.1) is 0 Å². The maximum atomic E-state index is 11.6. The van der Waals surface area contributed by atoms with Crippen LogP contribution in [0.15, 0.2) is 12.1 Å². The van der Waals surface area contributed by atoms with E-state index in [0.717, 1.165) is 37.1 Å². The Kier molecular flexibility index (Phi) is 3.48. The van der Waals surface area contributed by atoms with E-state index >= 15 is 0 Å². The fraction of sp³-hybridized carbons (Fsp3) is 0.500. The van der Waals surface area contributed by atoms with Gasteiger partial charge in [-0.25, -0.2) is 0 Å². The van der Waals surface area contributed by atoms with Crippen molar-refractivity contribution >= 4 is 11.6 Å². The standard InChI is InChI=1S/C14H20N2O/c1-9-7-11(5-3-4-6-15)8-12-10(2)14(17)16-13(9)12/h7-8,10H,3-6,15H2,1-2H3,(H,16,17). The first kappa shape index (κ1) is 12.1. The Balaban J connectivity index is 2.22. The van der Waals surface area contributed by atoms with Crippen LogP contribution in [0.4, 0.5) is 5.69 Å². The molecule has 1 unspecified atom stereocenters. The van der Waals surface area contributed by atoms with Crippen molar-refractivity contribution in [2.45, 2.75) is 39.0 Å². The summed E-state index contributed by atoms with van der Waals surface area (Å²) < 4.78 is 0. The quantitative estimate of drug-likeness (QED) is 0.783. The lowest BCUT2D eigenvalue weighted by Gasteiger charge is -2.09. The molecule has 1 aromatic rings. The lowest BCUT2D eigenvalue weighted by Crippen LogP contribution is -2.08. The second-order valence-electron chi connectivity index (χ2n) is 4.83. The van der Waals surface area contributed by atoms with Gasteiger partial charge in [-0.2, -0.15) is 0 Å². The zero-order chi connectivity index (χ0) is 12.4. The van der Waals surface area contributed by atoms with Crippen LogP contribution in [-0.4, -0.2) is 12.5 Å². The molecule has 0 aliphatic carbocycles. The molecule has 0 radical (unpaired) electrons. The third-order valence-corrected chi connectivity index (χ3v) is 3.45. The van der Waals surface area contributed by atoms with Gasteiger partial charge in [0.2, 0.25) is 5.91 Å². The lowest BCUT2D eigenvalue weighted by molar-refractivity contribution is -0.116. The number of anilines is 1. The van der Waals surface area contributed by atoms with E-state index in [9.17, 15) is 4.79 Å². The van der Waals surface area contributed by atoms with Gasteiger partial charge in [0.15, 0.2) is 0 Å². The van der Waals surface area contributed by atoms with E-state index < -0.39 is 0 Å².